The molecule has 0 radical (unpaired) electrons. The van der Waals surface area contributed by atoms with Crippen molar-refractivity contribution in [1.29, 1.82) is 0 Å². The van der Waals surface area contributed by atoms with Gasteiger partial charge in [0.25, 0.3) is 17.7 Å². The molecule has 15 unspecified atom stereocenters. The highest BCUT2D eigenvalue weighted by Gasteiger charge is 2.67. The molecule has 1 aromatic heterocycles. The molecule has 18 nitrogen and oxygen atoms in total. The second kappa shape index (κ2) is 16.7. The fourth-order valence-electron chi connectivity index (χ4n) is 14.9. The zero-order valence-corrected chi connectivity index (χ0v) is 44.8. The molecule has 0 saturated carbocycles. The molecule has 6 aliphatic rings. The Hall–Kier alpha value is -4.77. The Morgan fingerprint density at radius 1 is 0.406 bits per heavy atom. The van der Waals surface area contributed by atoms with Crippen molar-refractivity contribution in [2.75, 3.05) is 0 Å². The van der Waals surface area contributed by atoms with E-state index in [2.05, 4.69) is 0 Å². The molecule has 0 aliphatic carbocycles. The summed E-state index contributed by atoms with van der Waals surface area (Å²) in [5, 5.41) is 0. The van der Waals surface area contributed by atoms with Gasteiger partial charge in [0, 0.05) is 72.1 Å². The Morgan fingerprint density at radius 3 is 0.768 bits per heavy atom. The Balaban J connectivity index is 1.39. The summed E-state index contributed by atoms with van der Waals surface area (Å²) < 4.78 is 2.32. The van der Waals surface area contributed by atoms with Crippen LogP contribution >= 0.6 is 0 Å². The summed E-state index contributed by atoms with van der Waals surface area (Å²) in [5.74, 6) is -2.75. The molecule has 384 valence electrons. The Kier molecular flexibility index (Phi) is 12.6. The van der Waals surface area contributed by atoms with Gasteiger partial charge in [0.15, 0.2) is 18.5 Å². The lowest BCUT2D eigenvalue weighted by molar-refractivity contribution is -0.162. The molecular formula is C51H81N9O9. The monoisotopic (exact) mass is 964 g/mol. The largest absolute Gasteiger partial charge is 0.340 e. The van der Waals surface area contributed by atoms with Crippen LogP contribution in [0.15, 0.2) is 14.4 Å². The molecule has 18 heteroatoms. The predicted molar refractivity (Wildman–Crippen MR) is 259 cm³/mol. The summed E-state index contributed by atoms with van der Waals surface area (Å²) in [6.07, 6.45) is 0.182. The van der Waals surface area contributed by atoms with Crippen molar-refractivity contribution in [3.63, 3.8) is 0 Å². The molecule has 15 atom stereocenters. The summed E-state index contributed by atoms with van der Waals surface area (Å²) in [5.41, 5.74) is -7.55. The number of piperidine rings is 3. The average molecular weight is 964 g/mol. The summed E-state index contributed by atoms with van der Waals surface area (Å²) in [6, 6.07) is -1.58. The quantitative estimate of drug-likeness (QED) is 0.261. The highest BCUT2D eigenvalue weighted by molar-refractivity contribution is 5.96. The van der Waals surface area contributed by atoms with Crippen LogP contribution in [0.4, 0.5) is 0 Å². The number of rotatable bonds is 12. The SMILES string of the molecule is CCC1(C)CC(N2C(=O)C2n2c(=O)n(C3C(=O)N3C3CC(C)(CC)N(C(C)=O)C(C)(CC)C3C)c(=O)n(C3C(=O)N3C3CC(C)(CC)N(C(C)=O)C(C)(CC)C3C)c2=O)C(C)C(C)(CC)N1C(C)=O. The lowest BCUT2D eigenvalue weighted by Gasteiger charge is -2.60. The van der Waals surface area contributed by atoms with Gasteiger partial charge in [-0.1, -0.05) is 62.3 Å². The maximum atomic E-state index is 15.3. The normalized spacial score (nSPS) is 41.0. The van der Waals surface area contributed by atoms with E-state index in [0.29, 0.717) is 57.8 Å². The van der Waals surface area contributed by atoms with Gasteiger partial charge in [0.1, 0.15) is 0 Å². The number of hydrogen-bond donors (Lipinski definition) is 0. The number of hydrogen-bond acceptors (Lipinski definition) is 9. The van der Waals surface area contributed by atoms with E-state index in [1.165, 1.54) is 14.7 Å². The first-order chi connectivity index (χ1) is 31.9. The lowest BCUT2D eigenvalue weighted by Crippen LogP contribution is -2.70. The zero-order chi connectivity index (χ0) is 52.0. The standard InChI is InChI=1S/C51H81N9O9/c1-19-46(13)25-34(28(7)49(16,22-4)58(46)31(10)61)52-37(40(52)64)55-43(67)56(38-41(65)53(38)35-26-47(14,20-2)59(32(11)62)50(17,23-5)29(35)8)45(69)57(44(55)68)39-42(66)54(39)36-27-48(15,21-3)60(33(12)63)51(18,24-6)30(36)9/h28-30,34-39H,19-27H2,1-18H3. The highest BCUT2D eigenvalue weighted by atomic mass is 16.2. The molecule has 6 aliphatic heterocycles. The summed E-state index contributed by atoms with van der Waals surface area (Å²) in [7, 11) is 0. The molecule has 0 aromatic carbocycles. The average Bonchev–Trinajstić information content (AvgIpc) is 4.24. The number of amides is 6. The summed E-state index contributed by atoms with van der Waals surface area (Å²) in [6.45, 7) is 34.5. The molecule has 7 rings (SSSR count). The molecule has 1 aromatic rings. The minimum Gasteiger partial charge on any atom is -0.332 e. The van der Waals surface area contributed by atoms with Gasteiger partial charge < -0.3 is 29.4 Å². The smallest absolute Gasteiger partial charge is 0.332 e. The van der Waals surface area contributed by atoms with E-state index in [9.17, 15) is 28.8 Å². The molecule has 6 saturated heterocycles. The van der Waals surface area contributed by atoms with Crippen LogP contribution in [0, 0.1) is 17.8 Å². The Labute approximate surface area is 407 Å². The second-order valence-electron chi connectivity index (χ2n) is 23.2. The van der Waals surface area contributed by atoms with Crippen molar-refractivity contribution in [3.8, 4) is 0 Å². The van der Waals surface area contributed by atoms with Crippen molar-refractivity contribution in [2.45, 2.75) is 252 Å². The van der Waals surface area contributed by atoms with E-state index in [0.717, 1.165) is 13.7 Å². The number of likely N-dealkylation sites (tertiary alicyclic amines) is 3. The fraction of sp³-hybridized carbons (Fsp3) is 0.824. The minimum atomic E-state index is -1.44. The summed E-state index contributed by atoms with van der Waals surface area (Å²) >= 11 is 0. The van der Waals surface area contributed by atoms with Crippen LogP contribution in [0.1, 0.15) is 201 Å². The minimum absolute atomic E-state index is 0.0919. The van der Waals surface area contributed by atoms with E-state index in [1.54, 1.807) is 20.8 Å². The number of carbonyl (C=O) groups is 6. The number of aromatic nitrogens is 3. The molecule has 6 fully saturated rings. The van der Waals surface area contributed by atoms with E-state index >= 15 is 14.4 Å². The van der Waals surface area contributed by atoms with Crippen molar-refractivity contribution >= 4 is 35.4 Å². The third-order valence-electron chi connectivity index (χ3n) is 20.2. The van der Waals surface area contributed by atoms with Crippen LogP contribution in [-0.2, 0) is 28.8 Å². The molecule has 0 N–H and O–H groups in total. The number of carbonyl (C=O) groups excluding carboxylic acids is 6. The van der Waals surface area contributed by atoms with Crippen molar-refractivity contribution in [1.82, 2.24) is 43.1 Å². The van der Waals surface area contributed by atoms with Gasteiger partial charge in [-0.15, -0.1) is 0 Å². The van der Waals surface area contributed by atoms with E-state index in [4.69, 9.17) is 0 Å². The van der Waals surface area contributed by atoms with Crippen LogP contribution in [0.25, 0.3) is 0 Å². The zero-order valence-electron chi connectivity index (χ0n) is 44.8. The first kappa shape index (κ1) is 52.1. The van der Waals surface area contributed by atoms with Crippen LogP contribution in [-0.4, -0.2) is 130 Å². The molecule has 0 bridgehead atoms. The van der Waals surface area contributed by atoms with Crippen molar-refractivity contribution in [3.05, 3.63) is 31.5 Å². The van der Waals surface area contributed by atoms with Gasteiger partial charge in [-0.25, -0.2) is 28.1 Å². The molecule has 0 spiro atoms. The van der Waals surface area contributed by atoms with Gasteiger partial charge in [0.05, 0.1) is 0 Å². The number of nitrogens with zero attached hydrogens (tertiary/aromatic N) is 9. The van der Waals surface area contributed by atoms with Crippen molar-refractivity contribution in [2.24, 2.45) is 17.8 Å². The predicted octanol–water partition coefficient (Wildman–Crippen LogP) is 4.98. The van der Waals surface area contributed by atoms with Crippen LogP contribution in [0.2, 0.25) is 0 Å². The third kappa shape index (κ3) is 6.98. The maximum absolute atomic E-state index is 15.3. The topological polar surface area (TPSA) is 187 Å². The second-order valence-corrected chi connectivity index (χ2v) is 23.2. The first-order valence-corrected chi connectivity index (χ1v) is 25.8. The summed E-state index contributed by atoms with van der Waals surface area (Å²) in [4.78, 5) is 140. The highest BCUT2D eigenvalue weighted by Crippen LogP contribution is 2.55. The van der Waals surface area contributed by atoms with Gasteiger partial charge >= 0.3 is 17.1 Å². The van der Waals surface area contributed by atoms with Crippen molar-refractivity contribution < 1.29 is 28.8 Å². The molecular weight excluding hydrogens is 883 g/mol. The van der Waals surface area contributed by atoms with Gasteiger partial charge in [-0.3, -0.25) is 28.8 Å². The lowest BCUT2D eigenvalue weighted by atomic mass is 9.66. The fourth-order valence-corrected chi connectivity index (χ4v) is 14.9. The van der Waals surface area contributed by atoms with Crippen LogP contribution in [0.3, 0.4) is 0 Å². The van der Waals surface area contributed by atoms with Crippen LogP contribution in [0.5, 0.6) is 0 Å². The molecule has 7 heterocycles. The van der Waals surface area contributed by atoms with E-state index in [1.807, 2.05) is 119 Å². The van der Waals surface area contributed by atoms with Gasteiger partial charge in [0.2, 0.25) is 17.7 Å². The maximum Gasteiger partial charge on any atom is 0.340 e. The molecule has 69 heavy (non-hydrogen) atoms. The Bertz CT molecular complexity index is 2250. The third-order valence-corrected chi connectivity index (χ3v) is 20.2. The Morgan fingerprint density at radius 2 is 0.609 bits per heavy atom. The van der Waals surface area contributed by atoms with Gasteiger partial charge in [-0.05, 0) is 117 Å². The van der Waals surface area contributed by atoms with Gasteiger partial charge in [-0.2, -0.15) is 0 Å². The van der Waals surface area contributed by atoms with E-state index in [-0.39, 0.29) is 35.5 Å². The van der Waals surface area contributed by atoms with E-state index < -0.39 is 105 Å². The van der Waals surface area contributed by atoms with Crippen LogP contribution < -0.4 is 17.1 Å². The molecule has 6 amide bonds. The first-order valence-electron chi connectivity index (χ1n) is 25.8.